The third-order valence-corrected chi connectivity index (χ3v) is 6.08. The molecule has 0 saturated carbocycles. The van der Waals surface area contributed by atoms with Gasteiger partial charge in [0, 0.05) is 6.54 Å². The highest BCUT2D eigenvalue weighted by Gasteiger charge is 2.45. The van der Waals surface area contributed by atoms with E-state index in [1.54, 1.807) is 39.0 Å². The van der Waals surface area contributed by atoms with Gasteiger partial charge in [-0.1, -0.05) is 17.3 Å². The fourth-order valence-electron chi connectivity index (χ4n) is 4.65. The summed E-state index contributed by atoms with van der Waals surface area (Å²) >= 11 is 0. The summed E-state index contributed by atoms with van der Waals surface area (Å²) in [5, 5.41) is 17.7. The summed E-state index contributed by atoms with van der Waals surface area (Å²) in [6.45, 7) is 5.51. The molecule has 1 aliphatic carbocycles. The molecule has 2 aromatic carbocycles. The number of fused-ring (bicyclic) bond motifs is 2. The van der Waals surface area contributed by atoms with Crippen LogP contribution in [0.4, 0.5) is 9.18 Å². The van der Waals surface area contributed by atoms with Crippen molar-refractivity contribution in [3.63, 3.8) is 0 Å². The summed E-state index contributed by atoms with van der Waals surface area (Å²) in [5.74, 6) is -0.602. The maximum Gasteiger partial charge on any atom is 0.407 e. The number of aromatic nitrogens is 4. The van der Waals surface area contributed by atoms with Gasteiger partial charge < -0.3 is 14.8 Å². The SMILES string of the molecule is COC(=O)c1ccc2c(c1)C(CCNC(=O)OC(C)(C)C)(c1nn[nH]n1)c1cc(F)ccc1CC2. The number of alkyl carbamates (subject to hydrolysis) is 1. The van der Waals surface area contributed by atoms with Crippen molar-refractivity contribution in [3.05, 3.63) is 75.9 Å². The van der Waals surface area contributed by atoms with Gasteiger partial charge in [0.2, 0.25) is 0 Å². The van der Waals surface area contributed by atoms with Gasteiger partial charge in [0.05, 0.1) is 18.1 Å². The predicted octanol–water partition coefficient (Wildman–Crippen LogP) is 3.47. The van der Waals surface area contributed by atoms with E-state index < -0.39 is 28.9 Å². The van der Waals surface area contributed by atoms with Crippen LogP contribution in [0.2, 0.25) is 0 Å². The minimum atomic E-state index is -1.10. The molecule has 0 radical (unpaired) electrons. The molecule has 1 amide bonds. The number of methoxy groups -OCH3 is 1. The highest BCUT2D eigenvalue weighted by atomic mass is 19.1. The standard InChI is InChI=1S/C25H28FN5O4/c1-24(2,3)35-23(33)27-12-11-25(22-28-30-31-29-22)19-13-17(21(32)34-4)8-7-15(19)5-6-16-9-10-18(26)14-20(16)25/h7-10,13-14H,5-6,11-12H2,1-4H3,(H,27,33)(H,28,29,30,31). The summed E-state index contributed by atoms with van der Waals surface area (Å²) in [6, 6.07) is 9.98. The Bertz CT molecular complexity index is 1240. The van der Waals surface area contributed by atoms with Crippen molar-refractivity contribution in [2.75, 3.05) is 13.7 Å². The van der Waals surface area contributed by atoms with E-state index in [1.807, 2.05) is 6.07 Å². The first-order chi connectivity index (χ1) is 16.6. The molecule has 184 valence electrons. The molecular weight excluding hydrogens is 453 g/mol. The number of hydrogen-bond donors (Lipinski definition) is 2. The van der Waals surface area contributed by atoms with E-state index in [2.05, 4.69) is 25.9 Å². The van der Waals surface area contributed by atoms with E-state index in [0.717, 1.165) is 16.7 Å². The van der Waals surface area contributed by atoms with Crippen molar-refractivity contribution in [1.29, 1.82) is 0 Å². The third kappa shape index (κ3) is 4.87. The zero-order chi connectivity index (χ0) is 25.2. The van der Waals surface area contributed by atoms with Crippen LogP contribution in [0.15, 0.2) is 36.4 Å². The lowest BCUT2D eigenvalue weighted by Crippen LogP contribution is -2.39. The minimum absolute atomic E-state index is 0.168. The molecule has 35 heavy (non-hydrogen) atoms. The van der Waals surface area contributed by atoms with E-state index >= 15 is 0 Å². The number of carbonyl (C=O) groups excluding carboxylic acids is 2. The summed E-state index contributed by atoms with van der Waals surface area (Å²) in [5.41, 5.74) is 1.85. The highest BCUT2D eigenvalue weighted by molar-refractivity contribution is 5.90. The molecule has 1 aliphatic rings. The van der Waals surface area contributed by atoms with Gasteiger partial charge in [0.15, 0.2) is 5.82 Å². The second-order valence-corrected chi connectivity index (χ2v) is 9.48. The maximum absolute atomic E-state index is 14.7. The third-order valence-electron chi connectivity index (χ3n) is 6.08. The fourth-order valence-corrected chi connectivity index (χ4v) is 4.65. The number of H-pyrrole nitrogens is 1. The monoisotopic (exact) mass is 481 g/mol. The van der Waals surface area contributed by atoms with Crippen LogP contribution in [0, 0.1) is 5.82 Å². The number of tetrazole rings is 1. The molecule has 0 aliphatic heterocycles. The molecule has 3 aromatic rings. The molecule has 1 heterocycles. The summed E-state index contributed by atoms with van der Waals surface area (Å²) in [4.78, 5) is 24.8. The molecule has 1 aromatic heterocycles. The highest BCUT2D eigenvalue weighted by Crippen LogP contribution is 2.46. The predicted molar refractivity (Wildman–Crippen MR) is 125 cm³/mol. The Labute approximate surface area is 202 Å². The lowest BCUT2D eigenvalue weighted by Gasteiger charge is -2.34. The lowest BCUT2D eigenvalue weighted by atomic mass is 9.69. The molecule has 1 atom stereocenters. The molecule has 0 fully saturated rings. The Morgan fingerprint density at radius 3 is 2.43 bits per heavy atom. The van der Waals surface area contributed by atoms with E-state index in [1.165, 1.54) is 19.2 Å². The number of hydrogen-bond acceptors (Lipinski definition) is 7. The van der Waals surface area contributed by atoms with Gasteiger partial charge in [0.1, 0.15) is 11.4 Å². The second-order valence-electron chi connectivity index (χ2n) is 9.48. The van der Waals surface area contributed by atoms with Gasteiger partial charge in [-0.05, 0) is 86.6 Å². The van der Waals surface area contributed by atoms with Crippen LogP contribution in [0.3, 0.4) is 0 Å². The van der Waals surface area contributed by atoms with Gasteiger partial charge in [-0.25, -0.2) is 14.0 Å². The Morgan fingerprint density at radius 2 is 1.80 bits per heavy atom. The van der Waals surface area contributed by atoms with Crippen LogP contribution in [0.5, 0.6) is 0 Å². The number of halogens is 1. The van der Waals surface area contributed by atoms with Crippen LogP contribution < -0.4 is 5.32 Å². The summed E-state index contributed by atoms with van der Waals surface area (Å²) < 4.78 is 25.0. The lowest BCUT2D eigenvalue weighted by molar-refractivity contribution is 0.0524. The van der Waals surface area contributed by atoms with Crippen molar-refractivity contribution in [2.45, 2.75) is 51.0 Å². The topological polar surface area (TPSA) is 119 Å². The second kappa shape index (κ2) is 9.44. The normalized spacial score (nSPS) is 17.1. The first-order valence-electron chi connectivity index (χ1n) is 11.4. The van der Waals surface area contributed by atoms with Crippen LogP contribution in [0.1, 0.15) is 65.6 Å². The molecule has 0 bridgehead atoms. The molecule has 10 heteroatoms. The number of ether oxygens (including phenoxy) is 2. The Hall–Kier alpha value is -3.82. The number of aromatic amines is 1. The maximum atomic E-state index is 14.7. The average molecular weight is 482 g/mol. The van der Waals surface area contributed by atoms with Crippen LogP contribution in [-0.4, -0.2) is 51.9 Å². The zero-order valence-corrected chi connectivity index (χ0v) is 20.1. The molecule has 9 nitrogen and oxygen atoms in total. The van der Waals surface area contributed by atoms with Crippen molar-refractivity contribution in [2.24, 2.45) is 0 Å². The summed E-state index contributed by atoms with van der Waals surface area (Å²) in [6.07, 6.45) is 1.01. The van der Waals surface area contributed by atoms with Crippen LogP contribution >= 0.6 is 0 Å². The number of aryl methyl sites for hydroxylation is 2. The van der Waals surface area contributed by atoms with Gasteiger partial charge in [-0.15, -0.1) is 10.2 Å². The van der Waals surface area contributed by atoms with Gasteiger partial charge >= 0.3 is 12.1 Å². The van der Waals surface area contributed by atoms with Crippen LogP contribution in [-0.2, 0) is 27.7 Å². The van der Waals surface area contributed by atoms with E-state index in [4.69, 9.17) is 9.47 Å². The first-order valence-corrected chi connectivity index (χ1v) is 11.4. The van der Waals surface area contributed by atoms with E-state index in [-0.39, 0.29) is 13.0 Å². The van der Waals surface area contributed by atoms with E-state index in [0.29, 0.717) is 29.8 Å². The smallest absolute Gasteiger partial charge is 0.407 e. The van der Waals surface area contributed by atoms with Crippen molar-refractivity contribution in [3.8, 4) is 0 Å². The number of amides is 1. The zero-order valence-electron chi connectivity index (χ0n) is 20.1. The number of nitrogens with zero attached hydrogens (tertiary/aromatic N) is 3. The largest absolute Gasteiger partial charge is 0.465 e. The number of esters is 1. The summed E-state index contributed by atoms with van der Waals surface area (Å²) in [7, 11) is 1.32. The number of benzene rings is 2. The molecule has 4 rings (SSSR count). The van der Waals surface area contributed by atoms with Crippen molar-refractivity contribution in [1.82, 2.24) is 25.9 Å². The molecule has 0 spiro atoms. The molecule has 1 unspecified atom stereocenters. The number of carbonyl (C=O) groups is 2. The number of rotatable bonds is 5. The average Bonchev–Trinajstić information content (AvgIpc) is 3.31. The fraction of sp³-hybridized carbons (Fsp3) is 0.400. The van der Waals surface area contributed by atoms with Gasteiger partial charge in [0.25, 0.3) is 0 Å². The van der Waals surface area contributed by atoms with Crippen molar-refractivity contribution < 1.29 is 23.5 Å². The Kier molecular flexibility index (Phi) is 6.56. The van der Waals surface area contributed by atoms with Gasteiger partial charge in [-0.2, -0.15) is 5.21 Å². The van der Waals surface area contributed by atoms with Crippen molar-refractivity contribution >= 4 is 12.1 Å². The molecule has 2 N–H and O–H groups in total. The first kappa shape index (κ1) is 24.3. The molecule has 0 saturated heterocycles. The number of nitrogens with one attached hydrogen (secondary N) is 2. The Balaban J connectivity index is 1.89. The van der Waals surface area contributed by atoms with Gasteiger partial charge in [-0.3, -0.25) is 0 Å². The minimum Gasteiger partial charge on any atom is -0.465 e. The van der Waals surface area contributed by atoms with E-state index in [9.17, 15) is 14.0 Å². The molecular formula is C25H28FN5O4. The Morgan fingerprint density at radius 1 is 1.11 bits per heavy atom. The van der Waals surface area contributed by atoms with Crippen LogP contribution in [0.25, 0.3) is 0 Å². The quantitative estimate of drug-likeness (QED) is 0.536.